The summed E-state index contributed by atoms with van der Waals surface area (Å²) in [6.45, 7) is 3.81. The molecule has 1 amide bonds. The SMILES string of the molecule is COc1ccc(Cl)c(/C(O)=C2/C(=O)C(=O)N(c3ccc(C)cc3C)C2c2ccco2)c1. The second-order valence-electron chi connectivity index (χ2n) is 7.32. The number of methoxy groups -OCH3 is 1. The Morgan fingerprint density at radius 3 is 2.55 bits per heavy atom. The van der Waals surface area contributed by atoms with Gasteiger partial charge in [0.05, 0.1) is 24.0 Å². The van der Waals surface area contributed by atoms with Gasteiger partial charge in [0.1, 0.15) is 23.3 Å². The zero-order chi connectivity index (χ0) is 22.3. The highest BCUT2D eigenvalue weighted by Gasteiger charge is 2.48. The number of ketones is 1. The first kappa shape index (κ1) is 20.8. The van der Waals surface area contributed by atoms with E-state index in [1.807, 2.05) is 26.0 Å². The van der Waals surface area contributed by atoms with Crippen molar-refractivity contribution in [3.05, 3.63) is 87.8 Å². The van der Waals surface area contributed by atoms with E-state index in [9.17, 15) is 14.7 Å². The molecule has 31 heavy (non-hydrogen) atoms. The van der Waals surface area contributed by atoms with Crippen molar-refractivity contribution in [2.75, 3.05) is 12.0 Å². The van der Waals surface area contributed by atoms with Gasteiger partial charge in [-0.3, -0.25) is 14.5 Å². The maximum absolute atomic E-state index is 13.1. The number of benzene rings is 2. The summed E-state index contributed by atoms with van der Waals surface area (Å²) >= 11 is 6.30. The molecule has 1 saturated heterocycles. The van der Waals surface area contributed by atoms with Gasteiger partial charge in [-0.15, -0.1) is 0 Å². The number of rotatable bonds is 4. The van der Waals surface area contributed by atoms with Crippen LogP contribution in [-0.4, -0.2) is 23.9 Å². The van der Waals surface area contributed by atoms with Crippen molar-refractivity contribution in [3.63, 3.8) is 0 Å². The van der Waals surface area contributed by atoms with Gasteiger partial charge in [0.25, 0.3) is 11.7 Å². The Kier molecular flexibility index (Phi) is 5.33. The summed E-state index contributed by atoms with van der Waals surface area (Å²) in [5.74, 6) is -1.17. The largest absolute Gasteiger partial charge is 0.507 e. The summed E-state index contributed by atoms with van der Waals surface area (Å²) < 4.78 is 10.8. The van der Waals surface area contributed by atoms with Crippen molar-refractivity contribution in [3.8, 4) is 5.75 Å². The van der Waals surface area contributed by atoms with E-state index < -0.39 is 23.5 Å². The van der Waals surface area contributed by atoms with Crippen LogP contribution >= 0.6 is 11.6 Å². The molecule has 2 aromatic carbocycles. The third kappa shape index (κ3) is 3.49. The number of ether oxygens (including phenoxy) is 1. The first-order valence-electron chi connectivity index (χ1n) is 9.59. The summed E-state index contributed by atoms with van der Waals surface area (Å²) in [4.78, 5) is 27.6. The first-order valence-corrected chi connectivity index (χ1v) is 9.97. The van der Waals surface area contributed by atoms with E-state index in [0.29, 0.717) is 17.2 Å². The van der Waals surface area contributed by atoms with Crippen molar-refractivity contribution >= 4 is 34.7 Å². The van der Waals surface area contributed by atoms with Gasteiger partial charge >= 0.3 is 0 Å². The van der Waals surface area contributed by atoms with Gasteiger partial charge in [-0.05, 0) is 55.8 Å². The minimum Gasteiger partial charge on any atom is -0.507 e. The molecule has 0 saturated carbocycles. The van der Waals surface area contributed by atoms with E-state index in [-0.39, 0.29) is 16.2 Å². The molecule has 2 heterocycles. The van der Waals surface area contributed by atoms with E-state index in [1.54, 1.807) is 30.3 Å². The first-order chi connectivity index (χ1) is 14.8. The fraction of sp³-hybridized carbons (Fsp3) is 0.167. The van der Waals surface area contributed by atoms with Crippen molar-refractivity contribution in [1.82, 2.24) is 0 Å². The van der Waals surface area contributed by atoms with Crippen LogP contribution < -0.4 is 9.64 Å². The highest BCUT2D eigenvalue weighted by Crippen LogP contribution is 2.44. The monoisotopic (exact) mass is 437 g/mol. The second-order valence-corrected chi connectivity index (χ2v) is 7.73. The van der Waals surface area contributed by atoms with Crippen molar-refractivity contribution < 1.29 is 23.8 Å². The molecule has 0 aliphatic carbocycles. The van der Waals surface area contributed by atoms with Gasteiger partial charge in [-0.1, -0.05) is 29.3 Å². The van der Waals surface area contributed by atoms with Crippen molar-refractivity contribution in [1.29, 1.82) is 0 Å². The number of halogens is 1. The average Bonchev–Trinajstić information content (AvgIpc) is 3.36. The molecule has 158 valence electrons. The Morgan fingerprint density at radius 1 is 1.13 bits per heavy atom. The lowest BCUT2D eigenvalue weighted by Crippen LogP contribution is -2.30. The average molecular weight is 438 g/mol. The zero-order valence-corrected chi connectivity index (χ0v) is 17.9. The quantitative estimate of drug-likeness (QED) is 0.345. The van der Waals surface area contributed by atoms with Gasteiger partial charge in [0.15, 0.2) is 0 Å². The molecule has 6 nitrogen and oxygen atoms in total. The summed E-state index contributed by atoms with van der Waals surface area (Å²) in [5.41, 5.74) is 2.49. The Balaban J connectivity index is 1.97. The number of anilines is 1. The number of hydrogen-bond acceptors (Lipinski definition) is 5. The predicted octanol–water partition coefficient (Wildman–Crippen LogP) is 5.18. The lowest BCUT2D eigenvalue weighted by Gasteiger charge is -2.25. The number of aliphatic hydroxyl groups excluding tert-OH is 1. The Labute approximate surface area is 184 Å². The smallest absolute Gasteiger partial charge is 0.300 e. The lowest BCUT2D eigenvalue weighted by molar-refractivity contribution is -0.132. The molecule has 0 spiro atoms. The number of nitrogens with zero attached hydrogens (tertiary/aromatic N) is 1. The van der Waals surface area contributed by atoms with Crippen molar-refractivity contribution in [2.24, 2.45) is 0 Å². The number of carbonyl (C=O) groups excluding carboxylic acids is 2. The molecule has 1 N–H and O–H groups in total. The number of amides is 1. The lowest BCUT2D eigenvalue weighted by atomic mass is 9.98. The zero-order valence-electron chi connectivity index (χ0n) is 17.2. The molecule has 0 radical (unpaired) electrons. The van der Waals surface area contributed by atoms with Crippen LogP contribution in [0.3, 0.4) is 0 Å². The maximum atomic E-state index is 13.1. The van der Waals surface area contributed by atoms with E-state index in [1.165, 1.54) is 24.3 Å². The van der Waals surface area contributed by atoms with Crippen LogP contribution in [0.25, 0.3) is 5.76 Å². The van der Waals surface area contributed by atoms with Gasteiger partial charge in [0.2, 0.25) is 0 Å². The summed E-state index contributed by atoms with van der Waals surface area (Å²) in [7, 11) is 1.48. The molecule has 4 rings (SSSR count). The normalized spacial score (nSPS) is 17.9. The Morgan fingerprint density at radius 2 is 1.90 bits per heavy atom. The number of furan rings is 1. The van der Waals surface area contributed by atoms with Crippen LogP contribution in [-0.2, 0) is 9.59 Å². The summed E-state index contributed by atoms with van der Waals surface area (Å²) in [5, 5.41) is 11.4. The fourth-order valence-electron chi connectivity index (χ4n) is 3.83. The van der Waals surface area contributed by atoms with E-state index >= 15 is 0 Å². The molecule has 1 atom stereocenters. The van der Waals surface area contributed by atoms with Gasteiger partial charge in [0, 0.05) is 11.3 Å². The van der Waals surface area contributed by atoms with Gasteiger partial charge in [-0.25, -0.2) is 0 Å². The van der Waals surface area contributed by atoms with Crippen LogP contribution in [0.15, 0.2) is 64.8 Å². The van der Waals surface area contributed by atoms with Crippen LogP contribution in [0.1, 0.15) is 28.5 Å². The Bertz CT molecular complexity index is 1210. The fourth-order valence-corrected chi connectivity index (χ4v) is 4.04. The number of aryl methyl sites for hydroxylation is 2. The second kappa shape index (κ2) is 7.96. The molecular formula is C24H20ClNO5. The molecule has 0 bridgehead atoms. The predicted molar refractivity (Wildman–Crippen MR) is 117 cm³/mol. The van der Waals surface area contributed by atoms with Crippen LogP contribution in [0.5, 0.6) is 5.75 Å². The molecule has 1 aliphatic heterocycles. The third-order valence-electron chi connectivity index (χ3n) is 5.30. The Hall–Kier alpha value is -3.51. The number of carbonyl (C=O) groups is 2. The maximum Gasteiger partial charge on any atom is 0.300 e. The van der Waals surface area contributed by atoms with Crippen LogP contribution in [0.4, 0.5) is 5.69 Å². The molecule has 7 heteroatoms. The minimum atomic E-state index is -0.946. The minimum absolute atomic E-state index is 0.102. The van der Waals surface area contributed by atoms with Crippen molar-refractivity contribution in [2.45, 2.75) is 19.9 Å². The van der Waals surface area contributed by atoms with Gasteiger partial charge < -0.3 is 14.3 Å². The third-order valence-corrected chi connectivity index (χ3v) is 5.63. The molecule has 1 aromatic heterocycles. The van der Waals surface area contributed by atoms with E-state index in [2.05, 4.69) is 0 Å². The standard InChI is InChI=1S/C24H20ClNO5/c1-13-6-9-18(14(2)11-13)26-21(19-5-4-10-31-19)20(23(28)24(26)29)22(27)16-12-15(30-3)7-8-17(16)25/h4-12,21,27H,1-3H3/b22-20-. The van der Waals surface area contributed by atoms with Crippen LogP contribution in [0.2, 0.25) is 5.02 Å². The topological polar surface area (TPSA) is 80.0 Å². The summed E-state index contributed by atoms with van der Waals surface area (Å²) in [6.07, 6.45) is 1.45. The molecule has 1 aliphatic rings. The summed E-state index contributed by atoms with van der Waals surface area (Å²) in [6, 6.07) is 12.6. The van der Waals surface area contributed by atoms with Gasteiger partial charge in [-0.2, -0.15) is 0 Å². The highest BCUT2D eigenvalue weighted by atomic mass is 35.5. The molecule has 1 unspecified atom stereocenters. The van der Waals surface area contributed by atoms with Crippen LogP contribution in [0, 0.1) is 13.8 Å². The highest BCUT2D eigenvalue weighted by molar-refractivity contribution is 6.52. The molecular weight excluding hydrogens is 418 g/mol. The number of aliphatic hydroxyl groups is 1. The number of Topliss-reactive ketones (excluding diaryl/α,β-unsaturated/α-hetero) is 1. The molecule has 3 aromatic rings. The van der Waals surface area contributed by atoms with E-state index in [0.717, 1.165) is 11.1 Å². The number of hydrogen-bond donors (Lipinski definition) is 1. The molecule has 1 fully saturated rings. The van der Waals surface area contributed by atoms with E-state index in [4.69, 9.17) is 20.8 Å².